The smallest absolute Gasteiger partial charge is 0.310 e. The fraction of sp³-hybridized carbons (Fsp3) is 0. The maximum Gasteiger partial charge on any atom is 0.324 e. The third kappa shape index (κ3) is 35.0. The molecule has 0 unspecified atom stereocenters. The predicted octanol–water partition coefficient (Wildman–Crippen LogP) is 0.607. The minimum Gasteiger partial charge on any atom is -0.310 e. The zero-order chi connectivity index (χ0) is 2.71. The summed E-state index contributed by atoms with van der Waals surface area (Å²) in [5.74, 6) is 0. The molecule has 0 aromatic rings. The van der Waals surface area contributed by atoms with E-state index in [0.29, 0.717) is 0 Å². The van der Waals surface area contributed by atoms with E-state index in [4.69, 9.17) is 9.46 Å². The lowest BCUT2D eigenvalue weighted by Gasteiger charge is -1.24. The molecule has 0 spiro atoms. The van der Waals surface area contributed by atoms with Crippen molar-refractivity contribution in [2.24, 2.45) is 0 Å². The van der Waals surface area contributed by atoms with Crippen LogP contribution in [-0.4, -0.2) is 4.89 Å². The Bertz CT molecular complexity index is 13.5. The van der Waals surface area contributed by atoms with Crippen molar-refractivity contribution in [3.63, 3.8) is 0 Å². The van der Waals surface area contributed by atoms with Gasteiger partial charge in [0.2, 0.25) is 0 Å². The topological polar surface area (TPSA) is 37.3 Å². The van der Waals surface area contributed by atoms with E-state index < -0.39 is 8.69 Å². The Kier molecular flexibility index (Phi) is 22.4. The summed E-state index contributed by atoms with van der Waals surface area (Å²) in [6.07, 6.45) is 0. The van der Waals surface area contributed by atoms with Crippen molar-refractivity contribution in [3.05, 3.63) is 0 Å². The molecule has 0 heterocycles. The SMILES string of the molecule is Cl.O=PO. The predicted molar refractivity (Wildman–Crippen MR) is 17.1 cm³/mol. The van der Waals surface area contributed by atoms with E-state index in [2.05, 4.69) is 0 Å². The maximum atomic E-state index is 8.46. The van der Waals surface area contributed by atoms with E-state index in [1.807, 2.05) is 0 Å². The van der Waals surface area contributed by atoms with Crippen LogP contribution in [0.15, 0.2) is 0 Å². The highest BCUT2D eigenvalue weighted by atomic mass is 35.5. The van der Waals surface area contributed by atoms with Crippen LogP contribution in [0.25, 0.3) is 0 Å². The molecule has 4 heteroatoms. The van der Waals surface area contributed by atoms with Gasteiger partial charge in [0, 0.05) is 0 Å². The lowest BCUT2D eigenvalue weighted by Crippen LogP contribution is -1.03. The van der Waals surface area contributed by atoms with Crippen LogP contribution in [0.3, 0.4) is 0 Å². The van der Waals surface area contributed by atoms with Gasteiger partial charge in [-0.05, 0) is 0 Å². The van der Waals surface area contributed by atoms with Gasteiger partial charge >= 0.3 is 8.69 Å². The Balaban J connectivity index is 0. The molecule has 0 aromatic carbocycles. The summed E-state index contributed by atoms with van der Waals surface area (Å²) in [6, 6.07) is 0. The molecule has 4 heavy (non-hydrogen) atoms. The molecular weight excluding hydrogens is 98.4 g/mol. The van der Waals surface area contributed by atoms with Gasteiger partial charge in [0.05, 0.1) is 0 Å². The lowest BCUT2D eigenvalue weighted by molar-refractivity contribution is 0.524. The number of rotatable bonds is 0. The molecule has 26 valence electrons. The molecule has 0 aliphatic heterocycles. The first-order valence-corrected chi connectivity index (χ1v) is 1.15. The fourth-order valence-corrected chi connectivity index (χ4v) is 0. The molecule has 0 aliphatic carbocycles. The third-order valence-electron chi connectivity index (χ3n) is 0. The quantitative estimate of drug-likeness (QED) is 0.453. The van der Waals surface area contributed by atoms with Crippen LogP contribution < -0.4 is 0 Å². The highest BCUT2D eigenvalue weighted by Crippen LogP contribution is 1.66. The monoisotopic (exact) mass is 99.9 g/mol. The van der Waals surface area contributed by atoms with Gasteiger partial charge in [-0.3, -0.25) is 0 Å². The average Bonchev–Trinajstić information content (AvgIpc) is 0.918. The zero-order valence-corrected chi connectivity index (χ0v) is 3.42. The summed E-state index contributed by atoms with van der Waals surface area (Å²) >= 11 is 0. The maximum absolute atomic E-state index is 8.46. The molecule has 0 amide bonds. The van der Waals surface area contributed by atoms with Crippen LogP contribution in [0, 0.1) is 0 Å². The Morgan fingerprint density at radius 3 is 1.75 bits per heavy atom. The first kappa shape index (κ1) is 8.84. The van der Waals surface area contributed by atoms with Crippen LogP contribution in [0.5, 0.6) is 0 Å². The highest BCUT2D eigenvalue weighted by Gasteiger charge is 1.28. The summed E-state index contributed by atoms with van der Waals surface area (Å²) in [6.45, 7) is 0. The van der Waals surface area contributed by atoms with Crippen LogP contribution in [0.4, 0.5) is 0 Å². The molecule has 0 saturated carbocycles. The second kappa shape index (κ2) is 10.2. The van der Waals surface area contributed by atoms with Gasteiger partial charge in [-0.1, -0.05) is 0 Å². The second-order valence-electron chi connectivity index (χ2n) is 0.0816. The van der Waals surface area contributed by atoms with Gasteiger partial charge in [0.15, 0.2) is 0 Å². The summed E-state index contributed by atoms with van der Waals surface area (Å²) in [4.78, 5) is 6.99. The molecule has 0 radical (unpaired) electrons. The lowest BCUT2D eigenvalue weighted by atomic mass is 15.9. The van der Waals surface area contributed by atoms with E-state index in [1.54, 1.807) is 0 Å². The van der Waals surface area contributed by atoms with E-state index in [0.717, 1.165) is 0 Å². The molecular formula is H2ClO2P. The van der Waals surface area contributed by atoms with Crippen LogP contribution in [0.2, 0.25) is 0 Å². The van der Waals surface area contributed by atoms with Crippen LogP contribution in [-0.2, 0) is 4.57 Å². The molecule has 0 fully saturated rings. The van der Waals surface area contributed by atoms with Crippen molar-refractivity contribution in [1.82, 2.24) is 0 Å². The molecule has 0 rings (SSSR count). The largest absolute Gasteiger partial charge is 0.324 e. The van der Waals surface area contributed by atoms with Crippen LogP contribution in [0.1, 0.15) is 0 Å². The Morgan fingerprint density at radius 1 is 1.75 bits per heavy atom. The van der Waals surface area contributed by atoms with E-state index in [1.165, 1.54) is 0 Å². The van der Waals surface area contributed by atoms with E-state index in [9.17, 15) is 0 Å². The molecule has 0 atom stereocenters. The first-order valence-electron chi connectivity index (χ1n) is 0.383. The van der Waals surface area contributed by atoms with Gasteiger partial charge in [-0.2, -0.15) is 0 Å². The van der Waals surface area contributed by atoms with Crippen molar-refractivity contribution in [2.45, 2.75) is 0 Å². The second-order valence-corrected chi connectivity index (χ2v) is 0.245. The molecule has 2 nitrogen and oxygen atoms in total. The third-order valence-corrected chi connectivity index (χ3v) is 0. The standard InChI is InChI=1S/ClH.HO2P/c;1-3-2/h1H;(H,1,2). The number of halogens is 1. The van der Waals surface area contributed by atoms with Gasteiger partial charge in [-0.25, -0.2) is 4.57 Å². The van der Waals surface area contributed by atoms with Gasteiger partial charge in [0.25, 0.3) is 0 Å². The van der Waals surface area contributed by atoms with Crippen molar-refractivity contribution in [1.29, 1.82) is 0 Å². The summed E-state index contributed by atoms with van der Waals surface area (Å²) < 4.78 is 8.46. The van der Waals surface area contributed by atoms with Gasteiger partial charge < -0.3 is 4.89 Å². The minimum atomic E-state index is -0.833. The zero-order valence-electron chi connectivity index (χ0n) is 1.71. The number of hydrogen-bond donors (Lipinski definition) is 1. The molecule has 0 aromatic heterocycles. The summed E-state index contributed by atoms with van der Waals surface area (Å²) in [7, 11) is -0.833. The van der Waals surface area contributed by atoms with Gasteiger partial charge in [0.1, 0.15) is 0 Å². The van der Waals surface area contributed by atoms with Crippen LogP contribution >= 0.6 is 21.1 Å². The number of hydrogen-bond acceptors (Lipinski definition) is 1. The van der Waals surface area contributed by atoms with Gasteiger partial charge in [-0.15, -0.1) is 12.4 Å². The normalized spacial score (nSPS) is 5.25. The molecule has 0 saturated heterocycles. The summed E-state index contributed by atoms with van der Waals surface area (Å²) in [5.41, 5.74) is 0. The molecule has 0 bridgehead atoms. The summed E-state index contributed by atoms with van der Waals surface area (Å²) in [5, 5.41) is 0. The van der Waals surface area contributed by atoms with Crippen molar-refractivity contribution in [3.8, 4) is 0 Å². The Morgan fingerprint density at radius 2 is 1.75 bits per heavy atom. The van der Waals surface area contributed by atoms with Crippen molar-refractivity contribution >= 4 is 21.1 Å². The first-order chi connectivity index (χ1) is 1.41. The minimum absolute atomic E-state index is 0. The molecule has 1 N–H and O–H groups in total. The van der Waals surface area contributed by atoms with E-state index in [-0.39, 0.29) is 12.4 Å². The van der Waals surface area contributed by atoms with Crippen molar-refractivity contribution in [2.75, 3.05) is 0 Å². The Labute approximate surface area is 31.5 Å². The molecule has 0 aliphatic rings. The van der Waals surface area contributed by atoms with E-state index >= 15 is 0 Å². The fourth-order valence-electron chi connectivity index (χ4n) is 0. The Hall–Kier alpha value is 0.350. The van der Waals surface area contributed by atoms with Crippen molar-refractivity contribution < 1.29 is 9.46 Å². The average molecular weight is 100 g/mol. The highest BCUT2D eigenvalue weighted by molar-refractivity contribution is 7.16.